The highest BCUT2D eigenvalue weighted by molar-refractivity contribution is 7.78. The van der Waals surface area contributed by atoms with Crippen LogP contribution in [0.15, 0.2) is 91.0 Å². The van der Waals surface area contributed by atoms with Crippen LogP contribution in [0.1, 0.15) is 23.1 Å². The van der Waals surface area contributed by atoms with Crippen LogP contribution in [0, 0.1) is 0 Å². The van der Waals surface area contributed by atoms with E-state index in [0.29, 0.717) is 6.42 Å². The second-order valence-corrected chi connectivity index (χ2v) is 6.80. The van der Waals surface area contributed by atoms with E-state index in [0.717, 1.165) is 0 Å². The Morgan fingerprint density at radius 1 is 0.720 bits per heavy atom. The molecule has 1 aliphatic heterocycles. The molecule has 0 aliphatic carbocycles. The highest BCUT2D eigenvalue weighted by Gasteiger charge is 2.52. The third-order valence-corrected chi connectivity index (χ3v) is 5.61. The maximum atomic E-state index is 12.0. The summed E-state index contributed by atoms with van der Waals surface area (Å²) in [6, 6.07) is 31.2. The zero-order valence-corrected chi connectivity index (χ0v) is 14.6. The van der Waals surface area contributed by atoms with Crippen LogP contribution in [0.2, 0.25) is 0 Å². The van der Waals surface area contributed by atoms with Crippen molar-refractivity contribution in [1.29, 1.82) is 0 Å². The van der Waals surface area contributed by atoms with E-state index < -0.39 is 5.41 Å². The van der Waals surface area contributed by atoms with E-state index in [-0.39, 0.29) is 11.9 Å². The minimum Gasteiger partial charge on any atom is -0.284 e. The lowest BCUT2D eigenvalue weighted by Crippen LogP contribution is -2.59. The molecule has 0 bridgehead atoms. The number of carbonyl (C=O) groups is 1. The van der Waals surface area contributed by atoms with Gasteiger partial charge in [-0.3, -0.25) is 9.10 Å². The van der Waals surface area contributed by atoms with E-state index in [1.807, 2.05) is 18.2 Å². The molecule has 1 atom stereocenters. The Bertz CT molecular complexity index is 768. The van der Waals surface area contributed by atoms with Crippen LogP contribution < -0.4 is 0 Å². The minimum atomic E-state index is -0.445. The van der Waals surface area contributed by atoms with Crippen molar-refractivity contribution < 1.29 is 4.79 Å². The molecule has 3 aromatic rings. The van der Waals surface area contributed by atoms with E-state index >= 15 is 0 Å². The Morgan fingerprint density at radius 2 is 1.08 bits per heavy atom. The molecule has 1 unspecified atom stereocenters. The van der Waals surface area contributed by atoms with Crippen LogP contribution >= 0.6 is 12.8 Å². The lowest BCUT2D eigenvalue weighted by atomic mass is 9.62. The highest BCUT2D eigenvalue weighted by Crippen LogP contribution is 2.48. The number of rotatable bonds is 4. The Labute approximate surface area is 153 Å². The van der Waals surface area contributed by atoms with Gasteiger partial charge in [0, 0.05) is 0 Å². The molecule has 124 valence electrons. The summed E-state index contributed by atoms with van der Waals surface area (Å²) < 4.78 is 1.59. The van der Waals surface area contributed by atoms with Gasteiger partial charge in [-0.15, -0.1) is 0 Å². The molecule has 1 saturated heterocycles. The molecule has 4 rings (SSSR count). The summed E-state index contributed by atoms with van der Waals surface area (Å²) >= 11 is 4.50. The zero-order valence-electron chi connectivity index (χ0n) is 13.7. The number of nitrogens with zero attached hydrogens (tertiary/aromatic N) is 1. The molecule has 1 fully saturated rings. The van der Waals surface area contributed by atoms with E-state index in [1.165, 1.54) is 16.7 Å². The molecule has 2 nitrogen and oxygen atoms in total. The molecule has 0 saturated carbocycles. The number of benzene rings is 3. The Balaban J connectivity index is 2.04. The van der Waals surface area contributed by atoms with Crippen molar-refractivity contribution in [2.45, 2.75) is 17.9 Å². The summed E-state index contributed by atoms with van der Waals surface area (Å²) in [6.45, 7) is 0. The monoisotopic (exact) mass is 345 g/mol. The molecule has 3 aromatic carbocycles. The largest absolute Gasteiger partial charge is 0.284 e. The summed E-state index contributed by atoms with van der Waals surface area (Å²) in [5.41, 5.74) is 3.07. The molecule has 0 aromatic heterocycles. The predicted molar refractivity (Wildman–Crippen MR) is 103 cm³/mol. The fourth-order valence-electron chi connectivity index (χ4n) is 3.92. The quantitative estimate of drug-likeness (QED) is 0.420. The third-order valence-electron chi connectivity index (χ3n) is 5.11. The zero-order chi connectivity index (χ0) is 17.3. The van der Waals surface area contributed by atoms with Crippen LogP contribution in [-0.2, 0) is 10.2 Å². The van der Waals surface area contributed by atoms with Crippen molar-refractivity contribution in [3.63, 3.8) is 0 Å². The van der Waals surface area contributed by atoms with E-state index in [2.05, 4.69) is 85.6 Å². The number of amides is 1. The molecule has 1 heterocycles. The topological polar surface area (TPSA) is 20.3 Å². The number of hydrogen-bond donors (Lipinski definition) is 1. The molecule has 1 aliphatic rings. The number of hydrogen-bond acceptors (Lipinski definition) is 2. The lowest BCUT2D eigenvalue weighted by Gasteiger charge is -2.50. The van der Waals surface area contributed by atoms with Gasteiger partial charge in [-0.25, -0.2) is 0 Å². The summed E-state index contributed by atoms with van der Waals surface area (Å²) in [5.74, 6) is 0.0699. The minimum absolute atomic E-state index is 0.0319. The Hall–Kier alpha value is -2.52. The van der Waals surface area contributed by atoms with Gasteiger partial charge in [0.25, 0.3) is 0 Å². The maximum Gasteiger partial charge on any atom is 0.234 e. The molecule has 1 amide bonds. The maximum absolute atomic E-state index is 12.0. The Kier molecular flexibility index (Phi) is 4.10. The molecular formula is C22H19NOS. The van der Waals surface area contributed by atoms with Crippen molar-refractivity contribution in [3.8, 4) is 0 Å². The van der Waals surface area contributed by atoms with Crippen molar-refractivity contribution >= 4 is 18.7 Å². The van der Waals surface area contributed by atoms with E-state index in [4.69, 9.17) is 0 Å². The van der Waals surface area contributed by atoms with Crippen LogP contribution in [-0.4, -0.2) is 16.3 Å². The average Bonchev–Trinajstić information content (AvgIpc) is 2.70. The van der Waals surface area contributed by atoms with Gasteiger partial charge in [-0.2, -0.15) is 0 Å². The number of β-lactam (4-membered cyclic amide) rings is 1. The van der Waals surface area contributed by atoms with Crippen molar-refractivity contribution in [1.82, 2.24) is 4.31 Å². The second-order valence-electron chi connectivity index (χ2n) is 6.36. The first-order chi connectivity index (χ1) is 12.2. The summed E-state index contributed by atoms with van der Waals surface area (Å²) in [4.78, 5) is 12.0. The SMILES string of the molecule is O=C1CC(C(c2ccccc2)(c2ccccc2)c2ccccc2)N1S. The molecule has 0 N–H and O–H groups in total. The van der Waals surface area contributed by atoms with Gasteiger partial charge >= 0.3 is 0 Å². The normalized spacial score (nSPS) is 17.2. The standard InChI is InChI=1S/C22H19NOS/c24-21-16-20(23(21)25)22(17-10-4-1-5-11-17,18-12-6-2-7-13-18)19-14-8-3-9-15-19/h1-15,20,25H,16H2. The Morgan fingerprint density at radius 3 is 1.36 bits per heavy atom. The molecule has 0 spiro atoms. The highest BCUT2D eigenvalue weighted by atomic mass is 32.1. The fraction of sp³-hybridized carbons (Fsp3) is 0.136. The first-order valence-electron chi connectivity index (χ1n) is 8.42. The van der Waals surface area contributed by atoms with Gasteiger partial charge < -0.3 is 0 Å². The van der Waals surface area contributed by atoms with E-state index in [9.17, 15) is 4.79 Å². The number of carbonyl (C=O) groups excluding carboxylic acids is 1. The first-order valence-corrected chi connectivity index (χ1v) is 8.82. The molecule has 25 heavy (non-hydrogen) atoms. The fourth-order valence-corrected chi connectivity index (χ4v) is 4.26. The lowest BCUT2D eigenvalue weighted by molar-refractivity contribution is -0.138. The van der Waals surface area contributed by atoms with Crippen LogP contribution in [0.4, 0.5) is 0 Å². The summed E-state index contributed by atoms with van der Waals surface area (Å²) in [6.07, 6.45) is 0.488. The van der Waals surface area contributed by atoms with Gasteiger partial charge in [0.05, 0.1) is 17.9 Å². The van der Waals surface area contributed by atoms with Gasteiger partial charge in [0.1, 0.15) is 0 Å². The summed E-state index contributed by atoms with van der Waals surface area (Å²) in [7, 11) is 0. The number of thiol groups is 1. The van der Waals surface area contributed by atoms with Crippen LogP contribution in [0.3, 0.4) is 0 Å². The summed E-state index contributed by atoms with van der Waals surface area (Å²) in [5, 5.41) is 0. The van der Waals surface area contributed by atoms with Gasteiger partial charge in [-0.05, 0) is 16.7 Å². The van der Waals surface area contributed by atoms with E-state index in [1.54, 1.807) is 4.31 Å². The predicted octanol–water partition coefficient (Wildman–Crippen LogP) is 4.47. The third kappa shape index (κ3) is 2.47. The molecule has 0 radical (unpaired) electrons. The average molecular weight is 345 g/mol. The smallest absolute Gasteiger partial charge is 0.234 e. The molecular weight excluding hydrogens is 326 g/mol. The van der Waals surface area contributed by atoms with Crippen LogP contribution in [0.25, 0.3) is 0 Å². The van der Waals surface area contributed by atoms with Crippen molar-refractivity contribution in [2.75, 3.05) is 0 Å². The van der Waals surface area contributed by atoms with Gasteiger partial charge in [0.15, 0.2) is 0 Å². The van der Waals surface area contributed by atoms with Crippen LogP contribution in [0.5, 0.6) is 0 Å². The first kappa shape index (κ1) is 16.0. The van der Waals surface area contributed by atoms with Gasteiger partial charge in [-0.1, -0.05) is 104 Å². The van der Waals surface area contributed by atoms with Gasteiger partial charge in [0.2, 0.25) is 5.91 Å². The van der Waals surface area contributed by atoms with Crippen molar-refractivity contribution in [3.05, 3.63) is 108 Å². The van der Waals surface area contributed by atoms with Crippen molar-refractivity contribution in [2.24, 2.45) is 0 Å². The molecule has 3 heteroatoms. The second kappa shape index (κ2) is 6.41.